The normalized spacial score (nSPS) is 22.4. The van der Waals surface area contributed by atoms with Crippen LogP contribution < -0.4 is 35.3 Å². The summed E-state index contributed by atoms with van der Waals surface area (Å²) in [6, 6.07) is 11.4. The van der Waals surface area contributed by atoms with Crippen LogP contribution in [0.5, 0.6) is 23.3 Å². The number of nitrogens with two attached hydrogens (primary N) is 1. The topological polar surface area (TPSA) is 188 Å². The van der Waals surface area contributed by atoms with Crippen molar-refractivity contribution >= 4 is 39.3 Å². The van der Waals surface area contributed by atoms with Crippen LogP contribution in [0.15, 0.2) is 48.8 Å². The third-order valence-electron chi connectivity index (χ3n) is 9.17. The fourth-order valence-corrected chi connectivity index (χ4v) is 6.38. The molecule has 2 saturated heterocycles. The highest BCUT2D eigenvalue weighted by Gasteiger charge is 2.42. The summed E-state index contributed by atoms with van der Waals surface area (Å²) in [5.41, 5.74) is 6.05. The van der Waals surface area contributed by atoms with Gasteiger partial charge >= 0.3 is 0 Å². The van der Waals surface area contributed by atoms with Crippen molar-refractivity contribution < 1.29 is 42.1 Å². The Morgan fingerprint density at radius 3 is 1.73 bits per heavy atom. The number of pyridine rings is 2. The molecule has 0 bridgehead atoms. The molecular weight excluding hydrogens is 666 g/mol. The van der Waals surface area contributed by atoms with Crippen molar-refractivity contribution in [1.29, 1.82) is 5.26 Å². The van der Waals surface area contributed by atoms with Crippen LogP contribution in [0.3, 0.4) is 0 Å². The highest BCUT2D eigenvalue weighted by Crippen LogP contribution is 2.33. The van der Waals surface area contributed by atoms with Gasteiger partial charge in [-0.2, -0.15) is 5.26 Å². The van der Waals surface area contributed by atoms with Crippen molar-refractivity contribution in [3.05, 3.63) is 59.9 Å². The number of halogens is 2. The van der Waals surface area contributed by atoms with E-state index in [9.17, 15) is 28.4 Å². The molecule has 2 aromatic carbocycles. The van der Waals surface area contributed by atoms with Crippen molar-refractivity contribution in [2.24, 2.45) is 17.6 Å². The number of primary amides is 1. The van der Waals surface area contributed by atoms with Gasteiger partial charge in [0, 0.05) is 35.0 Å². The lowest BCUT2D eigenvalue weighted by Gasteiger charge is -2.19. The molecule has 4 aromatic rings. The molecule has 0 spiro atoms. The number of carbonyl (C=O) groups excluding carboxylic acids is 3. The second-order valence-corrected chi connectivity index (χ2v) is 12.1. The fourth-order valence-electron chi connectivity index (χ4n) is 6.38. The van der Waals surface area contributed by atoms with Crippen LogP contribution in [0.2, 0.25) is 0 Å². The largest absolute Gasteiger partial charge is 0.496 e. The number of hydrogen-bond acceptors (Lipinski definition) is 10. The quantitative estimate of drug-likeness (QED) is 0.206. The second kappa shape index (κ2) is 15.8. The Balaban J connectivity index is 0.000000198. The summed E-state index contributed by atoms with van der Waals surface area (Å²) < 4.78 is 49.7. The Morgan fingerprint density at radius 2 is 1.29 bits per heavy atom. The number of fused-ring (bicyclic) bond motifs is 2. The Hall–Kier alpha value is -5.78. The summed E-state index contributed by atoms with van der Waals surface area (Å²) in [5, 5.41) is 17.2. The average molecular weight is 705 g/mol. The van der Waals surface area contributed by atoms with Crippen molar-refractivity contribution in [3.63, 3.8) is 0 Å². The lowest BCUT2D eigenvalue weighted by atomic mass is 9.97. The van der Waals surface area contributed by atoms with E-state index in [0.29, 0.717) is 57.8 Å². The average Bonchev–Trinajstić information content (AvgIpc) is 3.58. The number of methoxy groups -OCH3 is 2. The number of amides is 3. The second-order valence-electron chi connectivity index (χ2n) is 12.1. The van der Waals surface area contributed by atoms with E-state index < -0.39 is 54.0 Å². The minimum Gasteiger partial charge on any atom is -0.496 e. The van der Waals surface area contributed by atoms with Crippen LogP contribution in [-0.2, 0) is 9.59 Å². The Morgan fingerprint density at radius 1 is 0.824 bits per heavy atom. The van der Waals surface area contributed by atoms with Gasteiger partial charge in [0.2, 0.25) is 11.8 Å². The molecule has 0 radical (unpaired) electrons. The summed E-state index contributed by atoms with van der Waals surface area (Å²) >= 11 is 0. The van der Waals surface area contributed by atoms with Gasteiger partial charge in [-0.05, 0) is 60.0 Å². The van der Waals surface area contributed by atoms with Crippen LogP contribution in [0, 0.1) is 23.2 Å². The van der Waals surface area contributed by atoms with Crippen LogP contribution in [-0.4, -0.2) is 79.5 Å². The number of nitriles is 1. The molecule has 4 heterocycles. The third-order valence-corrected chi connectivity index (χ3v) is 9.17. The molecule has 0 unspecified atom stereocenters. The first-order valence-corrected chi connectivity index (χ1v) is 16.3. The first-order chi connectivity index (χ1) is 24.5. The maximum Gasteiger partial charge on any atom is 0.255 e. The molecule has 2 aliphatic heterocycles. The van der Waals surface area contributed by atoms with Gasteiger partial charge in [0.15, 0.2) is 12.3 Å². The van der Waals surface area contributed by atoms with Crippen LogP contribution >= 0.6 is 0 Å². The van der Waals surface area contributed by atoms with Crippen LogP contribution in [0.4, 0.5) is 8.78 Å². The molecule has 2 aromatic heterocycles. The molecule has 2 fully saturated rings. The summed E-state index contributed by atoms with van der Waals surface area (Å²) in [6.07, 6.45) is 1.15. The van der Waals surface area contributed by atoms with Gasteiger partial charge in [0.05, 0.1) is 37.4 Å². The summed E-state index contributed by atoms with van der Waals surface area (Å²) in [4.78, 5) is 43.1. The van der Waals surface area contributed by atoms with E-state index >= 15 is 0 Å². The van der Waals surface area contributed by atoms with Crippen molar-refractivity contribution in [1.82, 2.24) is 20.6 Å². The van der Waals surface area contributed by atoms with Crippen molar-refractivity contribution in [3.8, 4) is 29.3 Å². The van der Waals surface area contributed by atoms with E-state index in [4.69, 9.17) is 24.7 Å². The number of aromatic nitrogens is 2. The number of nitrogens with zero attached hydrogens (tertiary/aromatic N) is 3. The van der Waals surface area contributed by atoms with E-state index in [1.165, 1.54) is 20.4 Å². The van der Waals surface area contributed by atoms with Gasteiger partial charge in [-0.15, -0.1) is 0 Å². The van der Waals surface area contributed by atoms with Crippen molar-refractivity contribution in [2.45, 2.75) is 51.1 Å². The summed E-state index contributed by atoms with van der Waals surface area (Å²) in [7, 11) is 2.92. The fraction of sp³-hybridized carbons (Fsp3) is 0.389. The molecule has 15 heteroatoms. The molecule has 6 rings (SSSR count). The first kappa shape index (κ1) is 36.5. The molecule has 13 nitrogen and oxygen atoms in total. The smallest absolute Gasteiger partial charge is 0.255 e. The maximum absolute atomic E-state index is 13.9. The highest BCUT2D eigenvalue weighted by molar-refractivity contribution is 6.01. The standard InChI is InChI=1S/C18H20FN3O4.C18H18FN3O3/c1-3-10-13(22-17(24)15(10)19)8-26-18-11-7-14(25-2)12(16(20)23)6-9(11)4-5-21-18;1-3-12-14(22-17(23)16(12)19)9-25-18-13-7-15(24-2)11(8-20)6-10(13)4-5-21-18/h4-7,10,13,15H,3,8H2,1-2H3,(H2,20,23)(H,22,24);4-7,12,14,16H,3,9H2,1-2H3,(H,22,23)/t10-,13+,15-;12-,14+,16-/m00/s1. The van der Waals surface area contributed by atoms with E-state index in [-0.39, 0.29) is 18.8 Å². The molecular formula is C36H38F2N6O7. The van der Waals surface area contributed by atoms with Gasteiger partial charge < -0.3 is 35.3 Å². The molecule has 4 N–H and O–H groups in total. The molecule has 0 saturated carbocycles. The van der Waals surface area contributed by atoms with Crippen LogP contribution in [0.1, 0.15) is 42.6 Å². The molecule has 6 atom stereocenters. The van der Waals surface area contributed by atoms with Gasteiger partial charge in [0.1, 0.15) is 30.8 Å². The number of alkyl halides is 2. The molecule has 51 heavy (non-hydrogen) atoms. The van der Waals surface area contributed by atoms with E-state index in [0.717, 1.165) is 5.39 Å². The van der Waals surface area contributed by atoms with Crippen LogP contribution in [0.25, 0.3) is 21.5 Å². The lowest BCUT2D eigenvalue weighted by molar-refractivity contribution is -0.124. The number of hydrogen-bond donors (Lipinski definition) is 3. The zero-order valence-corrected chi connectivity index (χ0v) is 28.4. The maximum atomic E-state index is 13.9. The highest BCUT2D eigenvalue weighted by atomic mass is 19.1. The minimum absolute atomic E-state index is 0.0939. The monoisotopic (exact) mass is 704 g/mol. The molecule has 268 valence electrons. The number of benzene rings is 2. The van der Waals surface area contributed by atoms with E-state index in [1.54, 1.807) is 42.6 Å². The SMILES string of the molecule is CC[C@@H]1[C@H](F)C(=O)N[C@@H]1COc1nccc2cc(C#N)c(OC)cc12.CC[C@@H]1[C@H](F)C(=O)N[C@@H]1COc1nccc2cc(C(N)=O)c(OC)cc12. The molecule has 2 aliphatic rings. The summed E-state index contributed by atoms with van der Waals surface area (Å²) in [6.45, 7) is 3.89. The zero-order chi connectivity index (χ0) is 36.8. The third kappa shape index (κ3) is 7.54. The Bertz CT molecular complexity index is 1990. The first-order valence-electron chi connectivity index (χ1n) is 16.3. The van der Waals surface area contributed by atoms with E-state index in [2.05, 4.69) is 26.7 Å². The predicted molar refractivity (Wildman–Crippen MR) is 182 cm³/mol. The van der Waals surface area contributed by atoms with Gasteiger partial charge in [-0.25, -0.2) is 18.7 Å². The van der Waals surface area contributed by atoms with E-state index in [1.807, 2.05) is 13.8 Å². The number of carbonyl (C=O) groups is 3. The minimum atomic E-state index is -1.52. The van der Waals surface area contributed by atoms with Gasteiger partial charge in [-0.3, -0.25) is 14.4 Å². The molecule has 3 amide bonds. The molecule has 0 aliphatic carbocycles. The number of ether oxygens (including phenoxy) is 4. The Labute approximate surface area is 292 Å². The number of rotatable bonds is 11. The summed E-state index contributed by atoms with van der Waals surface area (Å²) in [5.74, 6) is -1.25. The predicted octanol–water partition coefficient (Wildman–Crippen LogP) is 3.94. The van der Waals surface area contributed by atoms with Gasteiger partial charge in [-0.1, -0.05) is 13.8 Å². The van der Waals surface area contributed by atoms with Crippen molar-refractivity contribution in [2.75, 3.05) is 27.4 Å². The Kier molecular flexibility index (Phi) is 11.3. The lowest BCUT2D eigenvalue weighted by Crippen LogP contribution is -2.34. The van der Waals surface area contributed by atoms with Gasteiger partial charge in [0.25, 0.3) is 17.7 Å². The number of nitrogens with one attached hydrogen (secondary N) is 2. The zero-order valence-electron chi connectivity index (χ0n) is 28.4.